The van der Waals surface area contributed by atoms with Crippen LogP contribution in [0.3, 0.4) is 0 Å². The zero-order valence-electron chi connectivity index (χ0n) is 10.2. The molecule has 1 aliphatic rings. The van der Waals surface area contributed by atoms with Gasteiger partial charge in [-0.25, -0.2) is 0 Å². The number of rotatable bonds is 2. The van der Waals surface area contributed by atoms with E-state index in [1.165, 1.54) is 29.2 Å². The standard InChI is InChI=1S/C12H13N3O4/c16-11-4-6-14(7-5-13-11)12(17)9-2-1-3-10(8-9)15(18)19/h1-3,8H,4-7H2,(H,13,16). The molecule has 0 radical (unpaired) electrons. The van der Waals surface area contributed by atoms with Crippen molar-refractivity contribution in [3.63, 3.8) is 0 Å². The summed E-state index contributed by atoms with van der Waals surface area (Å²) in [5.41, 5.74) is 0.151. The maximum atomic E-state index is 12.2. The van der Waals surface area contributed by atoms with Crippen LogP contribution >= 0.6 is 0 Å². The van der Waals surface area contributed by atoms with Crippen molar-refractivity contribution in [2.75, 3.05) is 19.6 Å². The van der Waals surface area contributed by atoms with E-state index in [-0.39, 0.29) is 29.5 Å². The monoisotopic (exact) mass is 263 g/mol. The molecule has 1 saturated heterocycles. The summed E-state index contributed by atoms with van der Waals surface area (Å²) in [4.78, 5) is 35.1. The second-order valence-electron chi connectivity index (χ2n) is 4.20. The molecule has 2 rings (SSSR count). The van der Waals surface area contributed by atoms with Gasteiger partial charge in [-0.1, -0.05) is 6.07 Å². The van der Waals surface area contributed by atoms with Crippen molar-refractivity contribution in [2.45, 2.75) is 6.42 Å². The van der Waals surface area contributed by atoms with E-state index < -0.39 is 4.92 Å². The normalized spacial score (nSPS) is 15.6. The summed E-state index contributed by atoms with van der Waals surface area (Å²) in [7, 11) is 0. The van der Waals surface area contributed by atoms with E-state index >= 15 is 0 Å². The minimum absolute atomic E-state index is 0.0886. The van der Waals surface area contributed by atoms with Crippen LogP contribution in [0.5, 0.6) is 0 Å². The van der Waals surface area contributed by atoms with Crippen LogP contribution in [0.25, 0.3) is 0 Å². The molecule has 1 N–H and O–H groups in total. The van der Waals surface area contributed by atoms with Crippen LogP contribution in [0.15, 0.2) is 24.3 Å². The fraction of sp³-hybridized carbons (Fsp3) is 0.333. The van der Waals surface area contributed by atoms with Gasteiger partial charge in [0, 0.05) is 43.8 Å². The fourth-order valence-electron chi connectivity index (χ4n) is 1.91. The third-order valence-corrected chi connectivity index (χ3v) is 2.90. The lowest BCUT2D eigenvalue weighted by Gasteiger charge is -2.19. The zero-order chi connectivity index (χ0) is 13.8. The third-order valence-electron chi connectivity index (χ3n) is 2.90. The zero-order valence-corrected chi connectivity index (χ0v) is 10.2. The maximum Gasteiger partial charge on any atom is 0.270 e. The number of carbonyl (C=O) groups excluding carboxylic acids is 2. The quantitative estimate of drug-likeness (QED) is 0.623. The lowest BCUT2D eigenvalue weighted by molar-refractivity contribution is -0.384. The van der Waals surface area contributed by atoms with Gasteiger partial charge in [0.2, 0.25) is 5.91 Å². The molecule has 1 aliphatic heterocycles. The minimum Gasteiger partial charge on any atom is -0.354 e. The van der Waals surface area contributed by atoms with Crippen molar-refractivity contribution >= 4 is 17.5 Å². The van der Waals surface area contributed by atoms with Crippen molar-refractivity contribution in [1.82, 2.24) is 10.2 Å². The van der Waals surface area contributed by atoms with E-state index in [0.29, 0.717) is 19.6 Å². The van der Waals surface area contributed by atoms with E-state index in [9.17, 15) is 19.7 Å². The SMILES string of the molecule is O=C1CCN(C(=O)c2cccc([N+](=O)[O-])c2)CCN1. The Labute approximate surface area is 109 Å². The van der Waals surface area contributed by atoms with Gasteiger partial charge in [0.15, 0.2) is 0 Å². The van der Waals surface area contributed by atoms with Crippen molar-refractivity contribution < 1.29 is 14.5 Å². The Morgan fingerprint density at radius 1 is 1.37 bits per heavy atom. The first-order chi connectivity index (χ1) is 9.08. The average molecular weight is 263 g/mol. The molecule has 7 nitrogen and oxygen atoms in total. The number of non-ortho nitro benzene ring substituents is 1. The highest BCUT2D eigenvalue weighted by Crippen LogP contribution is 2.15. The number of benzene rings is 1. The first-order valence-corrected chi connectivity index (χ1v) is 5.88. The Hall–Kier alpha value is -2.44. The predicted molar refractivity (Wildman–Crippen MR) is 66.6 cm³/mol. The van der Waals surface area contributed by atoms with Crippen molar-refractivity contribution in [3.8, 4) is 0 Å². The number of hydrogen-bond donors (Lipinski definition) is 1. The number of carbonyl (C=O) groups is 2. The molecule has 100 valence electrons. The minimum atomic E-state index is -0.537. The lowest BCUT2D eigenvalue weighted by Crippen LogP contribution is -2.34. The van der Waals surface area contributed by atoms with Gasteiger partial charge in [0.05, 0.1) is 4.92 Å². The number of hydrogen-bond acceptors (Lipinski definition) is 4. The highest BCUT2D eigenvalue weighted by Gasteiger charge is 2.21. The third kappa shape index (κ3) is 3.06. The summed E-state index contributed by atoms with van der Waals surface area (Å²) in [5.74, 6) is -0.380. The molecular formula is C12H13N3O4. The molecule has 0 bridgehead atoms. The van der Waals surface area contributed by atoms with Crippen molar-refractivity contribution in [1.29, 1.82) is 0 Å². The molecule has 0 spiro atoms. The molecule has 0 aromatic heterocycles. The van der Waals surface area contributed by atoms with Gasteiger partial charge in [-0.3, -0.25) is 19.7 Å². The van der Waals surface area contributed by atoms with Gasteiger partial charge < -0.3 is 10.2 Å². The molecule has 0 aliphatic carbocycles. The first-order valence-electron chi connectivity index (χ1n) is 5.88. The second-order valence-corrected chi connectivity index (χ2v) is 4.20. The molecule has 1 heterocycles. The molecule has 2 amide bonds. The molecule has 1 aromatic rings. The van der Waals surface area contributed by atoms with Gasteiger partial charge in [-0.05, 0) is 6.07 Å². The highest BCUT2D eigenvalue weighted by atomic mass is 16.6. The smallest absolute Gasteiger partial charge is 0.270 e. The average Bonchev–Trinajstić information content (AvgIpc) is 2.63. The molecule has 0 atom stereocenters. The van der Waals surface area contributed by atoms with Gasteiger partial charge in [-0.2, -0.15) is 0 Å². The Kier molecular flexibility index (Phi) is 3.74. The van der Waals surface area contributed by atoms with Crippen LogP contribution < -0.4 is 5.32 Å². The molecule has 0 unspecified atom stereocenters. The second kappa shape index (κ2) is 5.47. The number of nitrogens with one attached hydrogen (secondary N) is 1. The van der Waals surface area contributed by atoms with E-state index in [0.717, 1.165) is 0 Å². The van der Waals surface area contributed by atoms with Crippen LogP contribution in [0.1, 0.15) is 16.8 Å². The summed E-state index contributed by atoms with van der Waals surface area (Å²) in [6.45, 7) is 1.14. The number of nitro groups is 1. The fourth-order valence-corrected chi connectivity index (χ4v) is 1.91. The first kappa shape index (κ1) is 13.0. The molecule has 1 fully saturated rings. The van der Waals surface area contributed by atoms with Crippen LogP contribution in [-0.4, -0.2) is 41.3 Å². The highest BCUT2D eigenvalue weighted by molar-refractivity contribution is 5.95. The lowest BCUT2D eigenvalue weighted by atomic mass is 10.1. The van der Waals surface area contributed by atoms with E-state index in [4.69, 9.17) is 0 Å². The van der Waals surface area contributed by atoms with E-state index in [1.54, 1.807) is 0 Å². The summed E-state index contributed by atoms with van der Waals surface area (Å²) < 4.78 is 0. The van der Waals surface area contributed by atoms with Crippen molar-refractivity contribution in [3.05, 3.63) is 39.9 Å². The molecule has 7 heteroatoms. The van der Waals surface area contributed by atoms with E-state index in [2.05, 4.69) is 5.32 Å². The molecular weight excluding hydrogens is 250 g/mol. The number of nitrogens with zero attached hydrogens (tertiary/aromatic N) is 2. The topological polar surface area (TPSA) is 92.5 Å². The predicted octanol–water partition coefficient (Wildman–Crippen LogP) is 0.557. The summed E-state index contributed by atoms with van der Waals surface area (Å²) in [6.07, 6.45) is 0.251. The largest absolute Gasteiger partial charge is 0.354 e. The summed E-state index contributed by atoms with van der Waals surface area (Å²) in [5, 5.41) is 13.3. The van der Waals surface area contributed by atoms with Crippen LogP contribution in [0, 0.1) is 10.1 Å². The number of amides is 2. The summed E-state index contributed by atoms with van der Waals surface area (Å²) in [6, 6.07) is 5.61. The van der Waals surface area contributed by atoms with Crippen LogP contribution in [0.4, 0.5) is 5.69 Å². The van der Waals surface area contributed by atoms with E-state index in [1.807, 2.05) is 0 Å². The van der Waals surface area contributed by atoms with Gasteiger partial charge in [0.1, 0.15) is 0 Å². The molecule has 0 saturated carbocycles. The number of nitro benzene ring substituents is 1. The summed E-state index contributed by atoms with van der Waals surface area (Å²) >= 11 is 0. The van der Waals surface area contributed by atoms with Crippen molar-refractivity contribution in [2.24, 2.45) is 0 Å². The Balaban J connectivity index is 2.16. The Bertz CT molecular complexity index is 529. The Morgan fingerprint density at radius 3 is 2.89 bits per heavy atom. The molecule has 1 aromatic carbocycles. The van der Waals surface area contributed by atoms with Crippen LogP contribution in [-0.2, 0) is 4.79 Å². The molecule has 19 heavy (non-hydrogen) atoms. The van der Waals surface area contributed by atoms with Gasteiger partial charge in [0.25, 0.3) is 11.6 Å². The maximum absolute atomic E-state index is 12.2. The van der Waals surface area contributed by atoms with Crippen LogP contribution in [0.2, 0.25) is 0 Å². The van der Waals surface area contributed by atoms with Gasteiger partial charge in [-0.15, -0.1) is 0 Å². The van der Waals surface area contributed by atoms with Gasteiger partial charge >= 0.3 is 0 Å². The Morgan fingerprint density at radius 2 is 2.16 bits per heavy atom.